The molecule has 1 aromatic rings. The van der Waals surface area contributed by atoms with E-state index in [1.807, 2.05) is 32.9 Å². The molecule has 0 spiro atoms. The van der Waals surface area contributed by atoms with Gasteiger partial charge in [-0.25, -0.2) is 0 Å². The predicted octanol–water partition coefficient (Wildman–Crippen LogP) is 2.44. The molecule has 1 amide bonds. The molecule has 5 nitrogen and oxygen atoms in total. The summed E-state index contributed by atoms with van der Waals surface area (Å²) in [7, 11) is 0. The van der Waals surface area contributed by atoms with E-state index in [4.69, 9.17) is 9.94 Å². The number of hydrogen-bond acceptors (Lipinski definition) is 4. The maximum Gasteiger partial charge on any atom is 0.260 e. The van der Waals surface area contributed by atoms with Gasteiger partial charge in [0, 0.05) is 18.7 Å². The van der Waals surface area contributed by atoms with E-state index in [0.717, 1.165) is 5.56 Å². The number of carbonyl (C=O) groups is 1. The molecule has 1 rings (SSSR count). The zero-order valence-electron chi connectivity index (χ0n) is 12.5. The van der Waals surface area contributed by atoms with E-state index in [9.17, 15) is 4.79 Å². The molecule has 5 heteroatoms. The molecule has 0 atom stereocenters. The smallest absolute Gasteiger partial charge is 0.260 e. The van der Waals surface area contributed by atoms with E-state index >= 15 is 0 Å². The van der Waals surface area contributed by atoms with Crippen LogP contribution >= 0.6 is 0 Å². The molecule has 0 fully saturated rings. The van der Waals surface area contributed by atoms with Crippen LogP contribution in [0.5, 0.6) is 5.75 Å². The first-order valence-electron chi connectivity index (χ1n) is 6.73. The van der Waals surface area contributed by atoms with Crippen LogP contribution in [-0.2, 0) is 4.79 Å². The number of benzene rings is 1. The summed E-state index contributed by atoms with van der Waals surface area (Å²) in [5.41, 5.74) is 2.18. The van der Waals surface area contributed by atoms with Crippen LogP contribution < -0.4 is 4.74 Å². The summed E-state index contributed by atoms with van der Waals surface area (Å²) < 4.78 is 5.58. The van der Waals surface area contributed by atoms with Gasteiger partial charge >= 0.3 is 0 Å². The number of likely N-dealkylation sites (N-methyl/N-ethyl adjacent to an activating group) is 1. The lowest BCUT2D eigenvalue weighted by atomic mass is 10.1. The molecule has 1 N–H and O–H groups in total. The third-order valence-corrected chi connectivity index (χ3v) is 3.14. The molecule has 0 unspecified atom stereocenters. The Hall–Kier alpha value is -2.04. The first-order valence-corrected chi connectivity index (χ1v) is 6.73. The molecular formula is C15H22N2O3. The largest absolute Gasteiger partial charge is 0.483 e. The van der Waals surface area contributed by atoms with Gasteiger partial charge in [-0.3, -0.25) is 4.79 Å². The summed E-state index contributed by atoms with van der Waals surface area (Å²) in [5, 5.41) is 12.1. The van der Waals surface area contributed by atoms with Gasteiger partial charge in [0.25, 0.3) is 5.91 Å². The lowest BCUT2D eigenvalue weighted by Crippen LogP contribution is -2.34. The van der Waals surface area contributed by atoms with E-state index in [-0.39, 0.29) is 12.5 Å². The van der Waals surface area contributed by atoms with Gasteiger partial charge in [-0.05, 0) is 39.8 Å². The van der Waals surface area contributed by atoms with Crippen molar-refractivity contribution < 1.29 is 14.7 Å². The third kappa shape index (κ3) is 3.98. The number of carbonyl (C=O) groups excluding carboxylic acids is 1. The van der Waals surface area contributed by atoms with E-state index in [2.05, 4.69) is 5.16 Å². The van der Waals surface area contributed by atoms with Gasteiger partial charge in [0.05, 0.1) is 5.71 Å². The minimum absolute atomic E-state index is 0.0174. The Morgan fingerprint density at radius 1 is 1.35 bits per heavy atom. The molecular weight excluding hydrogens is 256 g/mol. The third-order valence-electron chi connectivity index (χ3n) is 3.14. The van der Waals surface area contributed by atoms with Crippen molar-refractivity contribution in [2.45, 2.75) is 27.7 Å². The summed E-state index contributed by atoms with van der Waals surface area (Å²) in [6, 6.07) is 5.55. The molecule has 0 saturated carbocycles. The lowest BCUT2D eigenvalue weighted by Gasteiger charge is -2.19. The second kappa shape index (κ2) is 7.53. The van der Waals surface area contributed by atoms with Crippen molar-refractivity contribution >= 4 is 11.6 Å². The number of amides is 1. The van der Waals surface area contributed by atoms with Gasteiger partial charge in [0.2, 0.25) is 0 Å². The van der Waals surface area contributed by atoms with Crippen LogP contribution in [0.2, 0.25) is 0 Å². The number of ether oxygens (including phenoxy) is 1. The second-order valence-corrected chi connectivity index (χ2v) is 4.54. The average molecular weight is 278 g/mol. The Labute approximate surface area is 119 Å². The van der Waals surface area contributed by atoms with Crippen molar-refractivity contribution in [2.24, 2.45) is 5.16 Å². The Morgan fingerprint density at radius 2 is 2.00 bits per heavy atom. The average Bonchev–Trinajstić information content (AvgIpc) is 2.46. The van der Waals surface area contributed by atoms with Crippen molar-refractivity contribution in [3.63, 3.8) is 0 Å². The Bertz CT molecular complexity index is 494. The van der Waals surface area contributed by atoms with E-state index in [1.54, 1.807) is 17.9 Å². The molecule has 0 bridgehead atoms. The second-order valence-electron chi connectivity index (χ2n) is 4.54. The highest BCUT2D eigenvalue weighted by atomic mass is 16.5. The van der Waals surface area contributed by atoms with E-state index < -0.39 is 0 Å². The van der Waals surface area contributed by atoms with Crippen LogP contribution in [0, 0.1) is 6.92 Å². The molecule has 20 heavy (non-hydrogen) atoms. The zero-order valence-corrected chi connectivity index (χ0v) is 12.5. The molecule has 0 aromatic heterocycles. The first kappa shape index (κ1) is 16.0. The number of rotatable bonds is 6. The fraction of sp³-hybridized carbons (Fsp3) is 0.467. The Balaban J connectivity index is 2.85. The summed E-state index contributed by atoms with van der Waals surface area (Å²) in [5.74, 6) is 0.492. The quantitative estimate of drug-likeness (QED) is 0.494. The molecule has 0 aliphatic rings. The maximum absolute atomic E-state index is 11.9. The highest BCUT2D eigenvalue weighted by molar-refractivity contribution is 6.01. The van der Waals surface area contributed by atoms with Crippen LogP contribution in [0.15, 0.2) is 23.4 Å². The molecule has 0 aliphatic heterocycles. The van der Waals surface area contributed by atoms with Crippen molar-refractivity contribution in [3.05, 3.63) is 29.3 Å². The highest BCUT2D eigenvalue weighted by Crippen LogP contribution is 2.21. The zero-order chi connectivity index (χ0) is 15.1. The van der Waals surface area contributed by atoms with Gasteiger partial charge in [-0.2, -0.15) is 0 Å². The molecule has 0 aliphatic carbocycles. The van der Waals surface area contributed by atoms with Crippen molar-refractivity contribution in [1.82, 2.24) is 4.90 Å². The van der Waals surface area contributed by atoms with Crippen LogP contribution in [0.1, 0.15) is 31.9 Å². The van der Waals surface area contributed by atoms with Gasteiger partial charge in [0.1, 0.15) is 5.75 Å². The summed E-state index contributed by atoms with van der Waals surface area (Å²) >= 11 is 0. The molecule has 0 heterocycles. The van der Waals surface area contributed by atoms with Crippen LogP contribution in [0.25, 0.3) is 0 Å². The normalized spacial score (nSPS) is 11.3. The number of nitrogens with zero attached hydrogens (tertiary/aromatic N) is 2. The SMILES string of the molecule is CCN(CC)C(=O)COc1ccc(C)cc1/C(C)=N/O. The number of aryl methyl sites for hydroxylation is 1. The highest BCUT2D eigenvalue weighted by Gasteiger charge is 2.13. The molecule has 110 valence electrons. The summed E-state index contributed by atoms with van der Waals surface area (Å²) in [4.78, 5) is 13.6. The van der Waals surface area contributed by atoms with Crippen LogP contribution in [-0.4, -0.2) is 41.4 Å². The fourth-order valence-electron chi connectivity index (χ4n) is 1.91. The summed E-state index contributed by atoms with van der Waals surface area (Å²) in [6.07, 6.45) is 0. The van der Waals surface area contributed by atoms with Crippen molar-refractivity contribution in [2.75, 3.05) is 19.7 Å². The first-order chi connectivity index (χ1) is 9.53. The molecule has 1 aromatic carbocycles. The van der Waals surface area contributed by atoms with Crippen molar-refractivity contribution in [1.29, 1.82) is 0 Å². The fourth-order valence-corrected chi connectivity index (χ4v) is 1.91. The minimum Gasteiger partial charge on any atom is -0.483 e. The maximum atomic E-state index is 11.9. The Kier molecular flexibility index (Phi) is 6.03. The monoisotopic (exact) mass is 278 g/mol. The minimum atomic E-state index is -0.0554. The predicted molar refractivity (Wildman–Crippen MR) is 78.6 cm³/mol. The van der Waals surface area contributed by atoms with Crippen LogP contribution in [0.3, 0.4) is 0 Å². The van der Waals surface area contributed by atoms with Gasteiger partial charge in [-0.15, -0.1) is 0 Å². The van der Waals surface area contributed by atoms with Crippen molar-refractivity contribution in [3.8, 4) is 5.75 Å². The Morgan fingerprint density at radius 3 is 2.55 bits per heavy atom. The lowest BCUT2D eigenvalue weighted by molar-refractivity contribution is -0.132. The topological polar surface area (TPSA) is 62.1 Å². The van der Waals surface area contributed by atoms with E-state index in [1.165, 1.54) is 0 Å². The molecule has 0 radical (unpaired) electrons. The van der Waals surface area contributed by atoms with Gasteiger partial charge in [-0.1, -0.05) is 16.8 Å². The summed E-state index contributed by atoms with van der Waals surface area (Å²) in [6.45, 7) is 8.80. The van der Waals surface area contributed by atoms with Gasteiger partial charge < -0.3 is 14.8 Å². The van der Waals surface area contributed by atoms with Gasteiger partial charge in [0.15, 0.2) is 6.61 Å². The molecule has 0 saturated heterocycles. The number of oxime groups is 1. The standard InChI is InChI=1S/C15H22N2O3/c1-5-17(6-2)15(18)10-20-14-8-7-11(3)9-13(14)12(4)16-19/h7-9,19H,5-6,10H2,1-4H3/b16-12+. The number of hydrogen-bond donors (Lipinski definition) is 1. The van der Waals surface area contributed by atoms with E-state index in [0.29, 0.717) is 30.1 Å². The van der Waals surface area contributed by atoms with Crippen LogP contribution in [0.4, 0.5) is 0 Å².